The number of thiocarbonyl (C=S) groups is 1. The summed E-state index contributed by atoms with van der Waals surface area (Å²) >= 11 is 4.95. The highest BCUT2D eigenvalue weighted by molar-refractivity contribution is 7.80. The minimum atomic E-state index is 0.135. The van der Waals surface area contributed by atoms with Crippen molar-refractivity contribution >= 4 is 28.8 Å². The Balaban J connectivity index is 2.19. The van der Waals surface area contributed by atoms with E-state index in [-0.39, 0.29) is 17.2 Å². The predicted molar refractivity (Wildman–Crippen MR) is 77.6 cm³/mol. The van der Waals surface area contributed by atoms with Gasteiger partial charge in [-0.1, -0.05) is 38.2 Å². The highest BCUT2D eigenvalue weighted by atomic mass is 32.1. The van der Waals surface area contributed by atoms with E-state index in [9.17, 15) is 4.79 Å². The molecule has 2 N–H and O–H groups in total. The van der Waals surface area contributed by atoms with Gasteiger partial charge in [-0.05, 0) is 24.0 Å². The fourth-order valence-corrected chi connectivity index (χ4v) is 2.24. The lowest BCUT2D eigenvalue weighted by Gasteiger charge is -2.19. The summed E-state index contributed by atoms with van der Waals surface area (Å²) in [5.41, 5.74) is 7.38. The van der Waals surface area contributed by atoms with Gasteiger partial charge in [0.2, 0.25) is 5.91 Å². The SMILES string of the molecule is CN(C(=O)C1CC1(C)C)c1cccc(C(N)=S)c1. The van der Waals surface area contributed by atoms with E-state index in [1.54, 1.807) is 11.9 Å². The topological polar surface area (TPSA) is 46.3 Å². The van der Waals surface area contributed by atoms with E-state index in [0.29, 0.717) is 4.99 Å². The van der Waals surface area contributed by atoms with Crippen LogP contribution in [-0.4, -0.2) is 17.9 Å². The van der Waals surface area contributed by atoms with Crippen LogP contribution in [0, 0.1) is 11.3 Å². The molecule has 0 aliphatic heterocycles. The lowest BCUT2D eigenvalue weighted by Crippen LogP contribution is -2.29. The summed E-state index contributed by atoms with van der Waals surface area (Å²) in [6.45, 7) is 4.24. The molecule has 1 aliphatic carbocycles. The number of anilines is 1. The number of rotatable bonds is 3. The van der Waals surface area contributed by atoms with Crippen molar-refractivity contribution in [3.8, 4) is 0 Å². The molecule has 4 heteroatoms. The molecule has 0 saturated heterocycles. The Morgan fingerprint density at radius 1 is 1.50 bits per heavy atom. The van der Waals surface area contributed by atoms with Crippen molar-refractivity contribution < 1.29 is 4.79 Å². The van der Waals surface area contributed by atoms with E-state index in [2.05, 4.69) is 13.8 Å². The molecular weight excluding hydrogens is 244 g/mol. The van der Waals surface area contributed by atoms with Gasteiger partial charge in [0, 0.05) is 24.2 Å². The van der Waals surface area contributed by atoms with Crippen molar-refractivity contribution in [2.45, 2.75) is 20.3 Å². The normalized spacial score (nSPS) is 20.3. The second kappa shape index (κ2) is 4.35. The Hall–Kier alpha value is -1.42. The number of nitrogens with two attached hydrogens (primary N) is 1. The van der Waals surface area contributed by atoms with Crippen LogP contribution in [0.2, 0.25) is 0 Å². The molecule has 1 aromatic carbocycles. The summed E-state index contributed by atoms with van der Waals surface area (Å²) in [5, 5.41) is 0. The molecule has 96 valence electrons. The molecule has 1 aliphatic rings. The predicted octanol–water partition coefficient (Wildman–Crippen LogP) is 2.33. The van der Waals surface area contributed by atoms with Gasteiger partial charge in [-0.15, -0.1) is 0 Å². The van der Waals surface area contributed by atoms with Crippen LogP contribution < -0.4 is 10.6 Å². The van der Waals surface area contributed by atoms with Crippen LogP contribution in [0.5, 0.6) is 0 Å². The summed E-state index contributed by atoms with van der Waals surface area (Å²) in [5.74, 6) is 0.302. The first-order valence-electron chi connectivity index (χ1n) is 6.00. The molecule has 1 atom stereocenters. The monoisotopic (exact) mass is 262 g/mol. The van der Waals surface area contributed by atoms with Gasteiger partial charge in [0.15, 0.2) is 0 Å². The van der Waals surface area contributed by atoms with E-state index in [1.807, 2.05) is 24.3 Å². The highest BCUT2D eigenvalue weighted by Gasteiger charge is 2.51. The van der Waals surface area contributed by atoms with E-state index in [1.165, 1.54) is 0 Å². The molecule has 1 fully saturated rings. The zero-order valence-electron chi connectivity index (χ0n) is 10.9. The van der Waals surface area contributed by atoms with Crippen LogP contribution in [0.4, 0.5) is 5.69 Å². The molecular formula is C14H18N2OS. The van der Waals surface area contributed by atoms with E-state index >= 15 is 0 Å². The van der Waals surface area contributed by atoms with Crippen LogP contribution >= 0.6 is 12.2 Å². The molecule has 1 amide bonds. The van der Waals surface area contributed by atoms with Crippen LogP contribution in [0.25, 0.3) is 0 Å². The van der Waals surface area contributed by atoms with E-state index in [0.717, 1.165) is 17.7 Å². The zero-order valence-corrected chi connectivity index (χ0v) is 11.8. The number of amides is 1. The zero-order chi connectivity index (χ0) is 13.5. The summed E-state index contributed by atoms with van der Waals surface area (Å²) < 4.78 is 0. The third-order valence-electron chi connectivity index (χ3n) is 3.66. The molecule has 0 radical (unpaired) electrons. The van der Waals surface area contributed by atoms with Gasteiger partial charge in [-0.3, -0.25) is 4.79 Å². The molecule has 2 rings (SSSR count). The third kappa shape index (κ3) is 2.38. The fourth-order valence-electron chi connectivity index (χ4n) is 2.12. The highest BCUT2D eigenvalue weighted by Crippen LogP contribution is 2.52. The van der Waals surface area contributed by atoms with Crippen molar-refractivity contribution in [2.75, 3.05) is 11.9 Å². The average molecular weight is 262 g/mol. The second-order valence-electron chi connectivity index (χ2n) is 5.56. The second-order valence-corrected chi connectivity index (χ2v) is 6.00. The molecule has 0 bridgehead atoms. The average Bonchev–Trinajstić information content (AvgIpc) is 2.96. The van der Waals surface area contributed by atoms with Crippen molar-refractivity contribution in [3.63, 3.8) is 0 Å². The van der Waals surface area contributed by atoms with Crippen LogP contribution in [-0.2, 0) is 4.79 Å². The van der Waals surface area contributed by atoms with E-state index < -0.39 is 0 Å². The molecule has 3 nitrogen and oxygen atoms in total. The van der Waals surface area contributed by atoms with Gasteiger partial charge < -0.3 is 10.6 Å². The molecule has 1 saturated carbocycles. The Morgan fingerprint density at radius 3 is 2.61 bits per heavy atom. The standard InChI is InChI=1S/C14H18N2OS/c1-14(2)8-11(14)13(17)16(3)10-6-4-5-9(7-10)12(15)18/h4-7,11H,8H2,1-3H3,(H2,15,18). The van der Waals surface area contributed by atoms with Crippen LogP contribution in [0.3, 0.4) is 0 Å². The maximum atomic E-state index is 12.3. The number of nitrogens with zero attached hydrogens (tertiary/aromatic N) is 1. The van der Waals surface area contributed by atoms with Gasteiger partial charge in [-0.2, -0.15) is 0 Å². The van der Waals surface area contributed by atoms with Crippen LogP contribution in [0.1, 0.15) is 25.8 Å². The maximum absolute atomic E-state index is 12.3. The molecule has 1 aromatic rings. The smallest absolute Gasteiger partial charge is 0.230 e. The Kier molecular flexibility index (Phi) is 3.15. The quantitative estimate of drug-likeness (QED) is 0.850. The summed E-state index contributed by atoms with van der Waals surface area (Å²) in [4.78, 5) is 14.3. The third-order valence-corrected chi connectivity index (χ3v) is 3.90. The first-order valence-corrected chi connectivity index (χ1v) is 6.41. The maximum Gasteiger partial charge on any atom is 0.230 e. The molecule has 0 aromatic heterocycles. The molecule has 0 spiro atoms. The lowest BCUT2D eigenvalue weighted by atomic mass is 10.1. The minimum absolute atomic E-state index is 0.135. The van der Waals surface area contributed by atoms with Gasteiger partial charge in [-0.25, -0.2) is 0 Å². The Morgan fingerprint density at radius 2 is 2.11 bits per heavy atom. The van der Waals surface area contributed by atoms with Crippen molar-refractivity contribution in [2.24, 2.45) is 17.1 Å². The van der Waals surface area contributed by atoms with Crippen molar-refractivity contribution in [1.82, 2.24) is 0 Å². The lowest BCUT2D eigenvalue weighted by molar-refractivity contribution is -0.120. The number of carbonyl (C=O) groups excluding carboxylic acids is 1. The number of carbonyl (C=O) groups is 1. The fraction of sp³-hybridized carbons (Fsp3) is 0.429. The molecule has 18 heavy (non-hydrogen) atoms. The largest absolute Gasteiger partial charge is 0.389 e. The number of benzene rings is 1. The van der Waals surface area contributed by atoms with E-state index in [4.69, 9.17) is 18.0 Å². The Labute approximate surface area is 113 Å². The van der Waals surface area contributed by atoms with Gasteiger partial charge in [0.25, 0.3) is 0 Å². The number of hydrogen-bond acceptors (Lipinski definition) is 2. The van der Waals surface area contributed by atoms with Gasteiger partial charge in [0.1, 0.15) is 4.99 Å². The first-order chi connectivity index (χ1) is 8.33. The van der Waals surface area contributed by atoms with Crippen LogP contribution in [0.15, 0.2) is 24.3 Å². The Bertz CT molecular complexity index is 510. The molecule has 1 unspecified atom stereocenters. The minimum Gasteiger partial charge on any atom is -0.389 e. The van der Waals surface area contributed by atoms with Crippen molar-refractivity contribution in [1.29, 1.82) is 0 Å². The van der Waals surface area contributed by atoms with Crippen molar-refractivity contribution in [3.05, 3.63) is 29.8 Å². The summed E-state index contributed by atoms with van der Waals surface area (Å²) in [6.07, 6.45) is 0.963. The number of hydrogen-bond donors (Lipinski definition) is 1. The summed E-state index contributed by atoms with van der Waals surface area (Å²) in [7, 11) is 1.80. The summed E-state index contributed by atoms with van der Waals surface area (Å²) in [6, 6.07) is 7.47. The van der Waals surface area contributed by atoms with Gasteiger partial charge in [0.05, 0.1) is 0 Å². The molecule has 0 heterocycles. The van der Waals surface area contributed by atoms with Gasteiger partial charge >= 0.3 is 0 Å². The first kappa shape index (κ1) is 13.0.